The zero-order chi connectivity index (χ0) is 16.7. The fraction of sp³-hybridized carbons (Fsp3) is 0.350. The average molecular weight is 322 g/mol. The molecule has 0 heterocycles. The summed E-state index contributed by atoms with van der Waals surface area (Å²) in [6.07, 6.45) is 1.00. The molecule has 2 aliphatic carbocycles. The highest BCUT2D eigenvalue weighted by Crippen LogP contribution is 2.36. The van der Waals surface area contributed by atoms with Gasteiger partial charge in [0.15, 0.2) is 0 Å². The number of urea groups is 1. The van der Waals surface area contributed by atoms with Crippen molar-refractivity contribution in [1.82, 2.24) is 10.6 Å². The monoisotopic (exact) mass is 322 g/mol. The third-order valence-corrected chi connectivity index (χ3v) is 5.28. The largest absolute Gasteiger partial charge is 0.390 e. The van der Waals surface area contributed by atoms with E-state index >= 15 is 0 Å². The third kappa shape index (κ3) is 2.57. The van der Waals surface area contributed by atoms with Gasteiger partial charge in [-0.15, -0.1) is 0 Å². The van der Waals surface area contributed by atoms with Crippen LogP contribution in [-0.4, -0.2) is 17.2 Å². The molecule has 124 valence electrons. The molecule has 0 aromatic heterocycles. The van der Waals surface area contributed by atoms with Crippen LogP contribution in [0.1, 0.15) is 41.3 Å². The predicted molar refractivity (Wildman–Crippen MR) is 92.6 cm³/mol. The minimum atomic E-state index is -0.568. The number of aliphatic hydroxyl groups excluding tert-OH is 1. The molecule has 2 aromatic carbocycles. The van der Waals surface area contributed by atoms with Gasteiger partial charge in [0.2, 0.25) is 0 Å². The Kier molecular flexibility index (Phi) is 3.77. The van der Waals surface area contributed by atoms with Gasteiger partial charge in [0, 0.05) is 6.42 Å². The van der Waals surface area contributed by atoms with Crippen LogP contribution in [0.15, 0.2) is 48.5 Å². The van der Waals surface area contributed by atoms with Crippen molar-refractivity contribution in [1.29, 1.82) is 0 Å². The third-order valence-electron chi connectivity index (χ3n) is 5.28. The lowest BCUT2D eigenvalue weighted by molar-refractivity contribution is 0.141. The lowest BCUT2D eigenvalue weighted by atomic mass is 10.0. The molecule has 3 N–H and O–H groups in total. The quantitative estimate of drug-likeness (QED) is 0.796. The Bertz CT molecular complexity index is 710. The maximum absolute atomic E-state index is 12.5. The minimum absolute atomic E-state index is 0.0231. The second-order valence-electron chi connectivity index (χ2n) is 6.92. The van der Waals surface area contributed by atoms with Crippen LogP contribution in [0.3, 0.4) is 0 Å². The molecule has 2 aromatic rings. The Balaban J connectivity index is 1.48. The van der Waals surface area contributed by atoms with E-state index < -0.39 is 6.10 Å². The smallest absolute Gasteiger partial charge is 0.315 e. The van der Waals surface area contributed by atoms with Crippen molar-refractivity contribution in [3.8, 4) is 0 Å². The maximum Gasteiger partial charge on any atom is 0.315 e. The lowest BCUT2D eigenvalue weighted by Gasteiger charge is -2.23. The molecular weight excluding hydrogens is 300 g/mol. The van der Waals surface area contributed by atoms with Crippen LogP contribution in [0.25, 0.3) is 0 Å². The van der Waals surface area contributed by atoms with E-state index in [1.165, 1.54) is 11.1 Å². The maximum atomic E-state index is 12.5. The van der Waals surface area contributed by atoms with Crippen molar-refractivity contribution in [2.75, 3.05) is 0 Å². The molecule has 24 heavy (non-hydrogen) atoms. The van der Waals surface area contributed by atoms with E-state index in [4.69, 9.17) is 0 Å². The summed E-state index contributed by atoms with van der Waals surface area (Å²) in [5, 5.41) is 16.4. The first-order valence-electron chi connectivity index (χ1n) is 8.54. The fourth-order valence-corrected chi connectivity index (χ4v) is 4.09. The van der Waals surface area contributed by atoms with Crippen molar-refractivity contribution in [2.45, 2.75) is 38.0 Å². The van der Waals surface area contributed by atoms with Gasteiger partial charge in [-0.3, -0.25) is 0 Å². The van der Waals surface area contributed by atoms with E-state index in [9.17, 15) is 9.90 Å². The number of amides is 2. The normalized spacial score (nSPS) is 27.4. The Labute approximate surface area is 141 Å². The van der Waals surface area contributed by atoms with Gasteiger partial charge in [0.05, 0.1) is 18.2 Å². The van der Waals surface area contributed by atoms with Crippen molar-refractivity contribution in [3.05, 3.63) is 70.8 Å². The molecule has 0 radical (unpaired) electrons. The van der Waals surface area contributed by atoms with Crippen LogP contribution in [0.4, 0.5) is 4.79 Å². The highest BCUT2D eigenvalue weighted by molar-refractivity contribution is 5.75. The Morgan fingerprint density at radius 1 is 0.917 bits per heavy atom. The summed E-state index contributed by atoms with van der Waals surface area (Å²) < 4.78 is 0. The molecule has 0 aliphatic heterocycles. The van der Waals surface area contributed by atoms with Gasteiger partial charge in [-0.05, 0) is 34.6 Å². The lowest BCUT2D eigenvalue weighted by Crippen LogP contribution is -2.43. The second kappa shape index (κ2) is 5.95. The molecule has 0 bridgehead atoms. The summed E-state index contributed by atoms with van der Waals surface area (Å²) in [5.41, 5.74) is 4.63. The van der Waals surface area contributed by atoms with Gasteiger partial charge in [-0.25, -0.2) is 4.79 Å². The van der Waals surface area contributed by atoms with Crippen molar-refractivity contribution in [2.24, 2.45) is 5.92 Å². The molecule has 0 spiro atoms. The molecule has 4 unspecified atom stereocenters. The van der Waals surface area contributed by atoms with Crippen LogP contribution in [0, 0.1) is 5.92 Å². The molecule has 2 amide bonds. The molecule has 4 rings (SSSR count). The number of aliphatic hydroxyl groups is 1. The Morgan fingerprint density at radius 3 is 2.17 bits per heavy atom. The zero-order valence-electron chi connectivity index (χ0n) is 13.7. The van der Waals surface area contributed by atoms with E-state index in [1.807, 2.05) is 36.4 Å². The first-order chi connectivity index (χ1) is 11.6. The molecule has 2 aliphatic rings. The van der Waals surface area contributed by atoms with E-state index in [2.05, 4.69) is 29.7 Å². The van der Waals surface area contributed by atoms with Gasteiger partial charge in [-0.2, -0.15) is 0 Å². The van der Waals surface area contributed by atoms with Crippen LogP contribution < -0.4 is 10.6 Å². The topological polar surface area (TPSA) is 61.4 Å². The second-order valence-corrected chi connectivity index (χ2v) is 6.92. The van der Waals surface area contributed by atoms with E-state index in [0.29, 0.717) is 12.3 Å². The minimum Gasteiger partial charge on any atom is -0.390 e. The summed E-state index contributed by atoms with van der Waals surface area (Å²) in [6.45, 7) is 2.16. The molecule has 4 atom stereocenters. The zero-order valence-corrected chi connectivity index (χ0v) is 13.7. The fourth-order valence-electron chi connectivity index (χ4n) is 4.09. The number of carbonyl (C=O) groups excluding carboxylic acids is 1. The molecule has 0 saturated heterocycles. The summed E-state index contributed by atoms with van der Waals surface area (Å²) in [7, 11) is 0. The summed E-state index contributed by atoms with van der Waals surface area (Å²) in [6, 6.07) is 15.6. The SMILES string of the molecule is CC1Cc2ccccc2C1NC(=O)NC1c2ccccc2CC1O. The summed E-state index contributed by atoms with van der Waals surface area (Å²) in [5.74, 6) is 0.369. The molecule has 4 nitrogen and oxygen atoms in total. The molecule has 0 fully saturated rings. The van der Waals surface area contributed by atoms with E-state index in [-0.39, 0.29) is 18.1 Å². The van der Waals surface area contributed by atoms with Crippen LogP contribution in [-0.2, 0) is 12.8 Å². The first-order valence-corrected chi connectivity index (χ1v) is 8.54. The standard InChI is InChI=1S/C20H22N2O2/c1-12-10-13-6-2-4-8-15(13)18(12)21-20(24)22-19-16-9-5-3-7-14(16)11-17(19)23/h2-9,12,17-19,23H,10-11H2,1H3,(H2,21,22,24). The highest BCUT2D eigenvalue weighted by Gasteiger charge is 2.34. The molecule has 0 saturated carbocycles. The molecule has 4 heteroatoms. The predicted octanol–water partition coefficient (Wildman–Crippen LogP) is 2.88. The van der Waals surface area contributed by atoms with Gasteiger partial charge < -0.3 is 15.7 Å². The highest BCUT2D eigenvalue weighted by atomic mass is 16.3. The molecular formula is C20H22N2O2. The number of hydrogen-bond acceptors (Lipinski definition) is 2. The number of rotatable bonds is 2. The van der Waals surface area contributed by atoms with Gasteiger partial charge in [0.1, 0.15) is 0 Å². The van der Waals surface area contributed by atoms with Crippen molar-refractivity contribution in [3.63, 3.8) is 0 Å². The number of carbonyl (C=O) groups is 1. The Hall–Kier alpha value is -2.33. The van der Waals surface area contributed by atoms with Gasteiger partial charge in [-0.1, -0.05) is 55.5 Å². The van der Waals surface area contributed by atoms with Crippen molar-refractivity contribution >= 4 is 6.03 Å². The number of hydrogen-bond donors (Lipinski definition) is 3. The average Bonchev–Trinajstić information content (AvgIpc) is 3.05. The summed E-state index contributed by atoms with van der Waals surface area (Å²) >= 11 is 0. The summed E-state index contributed by atoms with van der Waals surface area (Å²) in [4.78, 5) is 12.5. The first kappa shape index (κ1) is 15.2. The van der Waals surface area contributed by atoms with Crippen molar-refractivity contribution < 1.29 is 9.90 Å². The Morgan fingerprint density at radius 2 is 1.46 bits per heavy atom. The van der Waals surface area contributed by atoms with Crippen LogP contribution in [0.2, 0.25) is 0 Å². The van der Waals surface area contributed by atoms with Crippen LogP contribution in [0.5, 0.6) is 0 Å². The van der Waals surface area contributed by atoms with E-state index in [0.717, 1.165) is 17.5 Å². The van der Waals surface area contributed by atoms with Gasteiger partial charge in [0.25, 0.3) is 0 Å². The number of benzene rings is 2. The number of nitrogens with one attached hydrogen (secondary N) is 2. The number of fused-ring (bicyclic) bond motifs is 2. The van der Waals surface area contributed by atoms with E-state index in [1.54, 1.807) is 0 Å². The van der Waals surface area contributed by atoms with Crippen LogP contribution >= 0.6 is 0 Å². The van der Waals surface area contributed by atoms with Gasteiger partial charge >= 0.3 is 6.03 Å².